The normalized spacial score (nSPS) is 12.3. The van der Waals surface area contributed by atoms with Crippen LogP contribution >= 0.6 is 0 Å². The predicted molar refractivity (Wildman–Crippen MR) is 82.9 cm³/mol. The molecular formula is C17H16F2N2O2. The molecule has 0 aliphatic carbocycles. The molecule has 1 aromatic heterocycles. The molecule has 1 heterocycles. The number of nitrogens with zero attached hydrogens (tertiary/aromatic N) is 1. The number of aromatic nitrogens is 1. The number of hydrogen-bond acceptors (Lipinski definition) is 3. The summed E-state index contributed by atoms with van der Waals surface area (Å²) in [6, 6.07) is 11.3. The average Bonchev–Trinajstić information content (AvgIpc) is 2.54. The second-order valence-electron chi connectivity index (χ2n) is 4.77. The van der Waals surface area contributed by atoms with Crippen LogP contribution in [0.2, 0.25) is 0 Å². The highest BCUT2D eigenvalue weighted by molar-refractivity contribution is 5.91. The quantitative estimate of drug-likeness (QED) is 0.828. The van der Waals surface area contributed by atoms with Gasteiger partial charge in [-0.1, -0.05) is 18.2 Å². The fraction of sp³-hybridized carbons (Fsp3) is 0.176. The zero-order valence-electron chi connectivity index (χ0n) is 12.4. The Balaban J connectivity index is 1.91. The second-order valence-corrected chi connectivity index (χ2v) is 4.77. The second kappa shape index (κ2) is 8.03. The fourth-order valence-electron chi connectivity index (χ4n) is 1.92. The lowest BCUT2D eigenvalue weighted by atomic mass is 10.1. The summed E-state index contributed by atoms with van der Waals surface area (Å²) in [5.74, 6) is -0.187. The summed E-state index contributed by atoms with van der Waals surface area (Å²) in [5, 5.41) is 2.78. The Morgan fingerprint density at radius 3 is 2.57 bits per heavy atom. The third-order valence-corrected chi connectivity index (χ3v) is 3.06. The molecule has 2 rings (SSSR count). The van der Waals surface area contributed by atoms with Crippen LogP contribution < -0.4 is 10.1 Å². The molecule has 0 radical (unpaired) electrons. The number of ether oxygens (including phenoxy) is 1. The van der Waals surface area contributed by atoms with Crippen molar-refractivity contribution in [1.29, 1.82) is 0 Å². The Morgan fingerprint density at radius 1 is 1.22 bits per heavy atom. The largest absolute Gasteiger partial charge is 0.435 e. The summed E-state index contributed by atoms with van der Waals surface area (Å²) in [6.45, 7) is -1.05. The third-order valence-electron chi connectivity index (χ3n) is 3.06. The zero-order chi connectivity index (χ0) is 16.7. The van der Waals surface area contributed by atoms with Crippen molar-refractivity contribution in [2.24, 2.45) is 0 Å². The van der Waals surface area contributed by atoms with E-state index in [1.54, 1.807) is 43.5 Å². The monoisotopic (exact) mass is 318 g/mol. The van der Waals surface area contributed by atoms with E-state index in [1.165, 1.54) is 18.2 Å². The highest BCUT2D eigenvalue weighted by Crippen LogP contribution is 2.19. The van der Waals surface area contributed by atoms with Crippen molar-refractivity contribution in [2.45, 2.75) is 19.6 Å². The maximum Gasteiger partial charge on any atom is 0.387 e. The Bertz CT molecular complexity index is 658. The number of carbonyl (C=O) groups is 1. The molecule has 4 nitrogen and oxygen atoms in total. The van der Waals surface area contributed by atoms with E-state index in [9.17, 15) is 13.6 Å². The summed E-state index contributed by atoms with van der Waals surface area (Å²) in [5.41, 5.74) is 1.47. The highest BCUT2D eigenvalue weighted by Gasteiger charge is 2.09. The van der Waals surface area contributed by atoms with Crippen molar-refractivity contribution in [3.8, 4) is 5.75 Å². The van der Waals surface area contributed by atoms with Gasteiger partial charge in [0.1, 0.15) is 5.75 Å². The van der Waals surface area contributed by atoms with Gasteiger partial charge in [0.15, 0.2) is 0 Å². The van der Waals surface area contributed by atoms with E-state index in [4.69, 9.17) is 0 Å². The Kier molecular flexibility index (Phi) is 5.80. The first-order chi connectivity index (χ1) is 11.0. The van der Waals surface area contributed by atoms with Gasteiger partial charge < -0.3 is 10.1 Å². The zero-order valence-corrected chi connectivity index (χ0v) is 12.4. The first-order valence-electron chi connectivity index (χ1n) is 6.99. The van der Waals surface area contributed by atoms with Crippen molar-refractivity contribution < 1.29 is 18.3 Å². The van der Waals surface area contributed by atoms with Crippen LogP contribution in [0.1, 0.15) is 24.2 Å². The van der Waals surface area contributed by atoms with Crippen LogP contribution in [-0.2, 0) is 4.79 Å². The number of rotatable bonds is 6. The van der Waals surface area contributed by atoms with Crippen molar-refractivity contribution >= 4 is 12.0 Å². The lowest BCUT2D eigenvalue weighted by molar-refractivity contribution is -0.117. The molecule has 1 N–H and O–H groups in total. The topological polar surface area (TPSA) is 51.2 Å². The number of pyridine rings is 1. The number of hydrogen-bond donors (Lipinski definition) is 1. The number of benzene rings is 1. The van der Waals surface area contributed by atoms with Crippen LogP contribution in [-0.4, -0.2) is 17.5 Å². The standard InChI is InChI=1S/C17H16F2N2O2/c1-12(13-5-8-15(9-6-13)23-17(18)19)21-16(22)10-7-14-4-2-3-11-20-14/h2-12,17H,1H3,(H,21,22)/b10-7+. The number of alkyl halides is 2. The van der Waals surface area contributed by atoms with Crippen molar-refractivity contribution in [1.82, 2.24) is 10.3 Å². The van der Waals surface area contributed by atoms with Gasteiger partial charge in [0.2, 0.25) is 5.91 Å². The number of nitrogens with one attached hydrogen (secondary N) is 1. The molecule has 1 atom stereocenters. The van der Waals surface area contributed by atoms with E-state index in [2.05, 4.69) is 15.0 Å². The molecule has 2 aromatic rings. The Hall–Kier alpha value is -2.76. The van der Waals surface area contributed by atoms with E-state index in [1.807, 2.05) is 6.07 Å². The van der Waals surface area contributed by atoms with Gasteiger partial charge in [-0.15, -0.1) is 0 Å². The molecule has 6 heteroatoms. The molecule has 0 saturated carbocycles. The average molecular weight is 318 g/mol. The summed E-state index contributed by atoms with van der Waals surface area (Å²) in [4.78, 5) is 15.9. The molecule has 120 valence electrons. The Labute approximate surface area is 132 Å². The summed E-state index contributed by atoms with van der Waals surface area (Å²) in [6.07, 6.45) is 4.65. The molecule has 0 aliphatic heterocycles. The minimum absolute atomic E-state index is 0.0809. The van der Waals surface area contributed by atoms with Gasteiger partial charge in [-0.3, -0.25) is 9.78 Å². The van der Waals surface area contributed by atoms with Crippen molar-refractivity contribution in [3.05, 3.63) is 66.0 Å². The molecule has 0 aliphatic rings. The lowest BCUT2D eigenvalue weighted by Crippen LogP contribution is -2.24. The summed E-state index contributed by atoms with van der Waals surface area (Å²) >= 11 is 0. The smallest absolute Gasteiger partial charge is 0.387 e. The molecule has 1 aromatic carbocycles. The van der Waals surface area contributed by atoms with Gasteiger partial charge in [0, 0.05) is 12.3 Å². The minimum atomic E-state index is -2.85. The summed E-state index contributed by atoms with van der Waals surface area (Å²) < 4.78 is 28.4. The lowest BCUT2D eigenvalue weighted by Gasteiger charge is -2.13. The van der Waals surface area contributed by atoms with Gasteiger partial charge in [0.25, 0.3) is 0 Å². The van der Waals surface area contributed by atoms with E-state index >= 15 is 0 Å². The maximum absolute atomic E-state index is 12.1. The van der Waals surface area contributed by atoms with Gasteiger partial charge in [-0.25, -0.2) is 0 Å². The minimum Gasteiger partial charge on any atom is -0.435 e. The van der Waals surface area contributed by atoms with Crippen LogP contribution in [0, 0.1) is 0 Å². The molecule has 0 bridgehead atoms. The Morgan fingerprint density at radius 2 is 1.96 bits per heavy atom. The number of halogens is 2. The van der Waals surface area contributed by atoms with Gasteiger partial charge >= 0.3 is 6.61 Å². The van der Waals surface area contributed by atoms with Crippen molar-refractivity contribution in [3.63, 3.8) is 0 Å². The van der Waals surface area contributed by atoms with Crippen LogP contribution in [0.4, 0.5) is 8.78 Å². The van der Waals surface area contributed by atoms with E-state index in [0.29, 0.717) is 5.69 Å². The van der Waals surface area contributed by atoms with E-state index < -0.39 is 6.61 Å². The number of amides is 1. The predicted octanol–water partition coefficient (Wildman–Crippen LogP) is 3.57. The maximum atomic E-state index is 12.1. The third kappa shape index (κ3) is 5.50. The molecule has 1 amide bonds. The molecule has 0 saturated heterocycles. The first-order valence-corrected chi connectivity index (χ1v) is 6.99. The van der Waals surface area contributed by atoms with Crippen LogP contribution in [0.3, 0.4) is 0 Å². The van der Waals surface area contributed by atoms with Crippen molar-refractivity contribution in [2.75, 3.05) is 0 Å². The van der Waals surface area contributed by atoms with Gasteiger partial charge in [-0.2, -0.15) is 8.78 Å². The van der Waals surface area contributed by atoms with Crippen LogP contribution in [0.25, 0.3) is 6.08 Å². The number of carbonyl (C=O) groups excluding carboxylic acids is 1. The van der Waals surface area contributed by atoms with E-state index in [-0.39, 0.29) is 17.7 Å². The molecule has 0 fully saturated rings. The van der Waals surface area contributed by atoms with Gasteiger partial charge in [0.05, 0.1) is 11.7 Å². The van der Waals surface area contributed by atoms with Gasteiger partial charge in [-0.05, 0) is 42.8 Å². The molecule has 23 heavy (non-hydrogen) atoms. The fourth-order valence-corrected chi connectivity index (χ4v) is 1.92. The molecular weight excluding hydrogens is 302 g/mol. The first kappa shape index (κ1) is 16.6. The molecule has 1 unspecified atom stereocenters. The SMILES string of the molecule is CC(NC(=O)/C=C/c1ccccn1)c1ccc(OC(F)F)cc1. The summed E-state index contributed by atoms with van der Waals surface area (Å²) in [7, 11) is 0. The van der Waals surface area contributed by atoms with E-state index in [0.717, 1.165) is 5.56 Å². The van der Waals surface area contributed by atoms with Crippen LogP contribution in [0.15, 0.2) is 54.7 Å². The van der Waals surface area contributed by atoms with Crippen LogP contribution in [0.5, 0.6) is 5.75 Å². The highest BCUT2D eigenvalue weighted by atomic mass is 19.3. The molecule has 0 spiro atoms.